The van der Waals surface area contributed by atoms with E-state index >= 15 is 0 Å². The highest BCUT2D eigenvalue weighted by molar-refractivity contribution is 6.31. The first kappa shape index (κ1) is 21.1. The van der Waals surface area contributed by atoms with Crippen LogP contribution in [0.25, 0.3) is 11.8 Å². The number of amides is 2. The van der Waals surface area contributed by atoms with Crippen LogP contribution in [-0.2, 0) is 9.59 Å². The first-order valence-corrected chi connectivity index (χ1v) is 9.50. The number of likely N-dealkylation sites (N-methyl/N-ethyl adjacent to an activating group) is 1. The monoisotopic (exact) mass is 424 g/mol. The van der Waals surface area contributed by atoms with E-state index in [1.54, 1.807) is 42.2 Å². The number of para-hydroxylation sites is 1. The minimum Gasteiger partial charge on any atom is -0.495 e. The summed E-state index contributed by atoms with van der Waals surface area (Å²) >= 11 is 5.97. The second-order valence-corrected chi connectivity index (χ2v) is 6.91. The number of rotatable bonds is 7. The van der Waals surface area contributed by atoms with Gasteiger partial charge < -0.3 is 15.0 Å². The van der Waals surface area contributed by atoms with Crippen LogP contribution in [0, 0.1) is 0 Å². The fourth-order valence-corrected chi connectivity index (χ4v) is 2.87. The molecule has 0 atom stereocenters. The van der Waals surface area contributed by atoms with Gasteiger partial charge >= 0.3 is 0 Å². The standard InChI is InChI=1S/C22H21ClN4O3/c1-26(15-21(28)25-19-12-17(23)9-10-20(19)30-2)22(29)11-8-16-13-24-27(14-16)18-6-4-3-5-7-18/h3-14H,15H2,1-2H3,(H,25,28)/b11-8+. The summed E-state index contributed by atoms with van der Waals surface area (Å²) in [5.74, 6) is -0.190. The van der Waals surface area contributed by atoms with E-state index in [0.29, 0.717) is 16.5 Å². The molecule has 0 fully saturated rings. The molecule has 1 aromatic heterocycles. The smallest absolute Gasteiger partial charge is 0.246 e. The molecule has 0 aliphatic carbocycles. The van der Waals surface area contributed by atoms with Crippen LogP contribution >= 0.6 is 11.6 Å². The van der Waals surface area contributed by atoms with Crippen LogP contribution in [0.15, 0.2) is 67.0 Å². The van der Waals surface area contributed by atoms with Crippen molar-refractivity contribution in [3.05, 3.63) is 77.6 Å². The molecule has 154 valence electrons. The van der Waals surface area contributed by atoms with Gasteiger partial charge in [-0.25, -0.2) is 4.68 Å². The van der Waals surface area contributed by atoms with Crippen molar-refractivity contribution in [1.82, 2.24) is 14.7 Å². The first-order valence-electron chi connectivity index (χ1n) is 9.13. The zero-order valence-electron chi connectivity index (χ0n) is 16.6. The summed E-state index contributed by atoms with van der Waals surface area (Å²) in [5.41, 5.74) is 2.14. The van der Waals surface area contributed by atoms with Crippen LogP contribution in [-0.4, -0.2) is 47.2 Å². The van der Waals surface area contributed by atoms with E-state index in [1.165, 1.54) is 18.1 Å². The van der Waals surface area contributed by atoms with Gasteiger partial charge in [-0.2, -0.15) is 5.10 Å². The molecular formula is C22H21ClN4O3. The molecule has 2 amide bonds. The Bertz CT molecular complexity index is 1060. The van der Waals surface area contributed by atoms with Crippen LogP contribution in [0.3, 0.4) is 0 Å². The molecule has 7 nitrogen and oxygen atoms in total. The van der Waals surface area contributed by atoms with Gasteiger partial charge in [0, 0.05) is 29.9 Å². The molecule has 3 rings (SSSR count). The summed E-state index contributed by atoms with van der Waals surface area (Å²) in [6.45, 7) is -0.123. The van der Waals surface area contributed by atoms with Gasteiger partial charge in [0.25, 0.3) is 0 Å². The number of aromatic nitrogens is 2. The molecule has 3 aromatic rings. The lowest BCUT2D eigenvalue weighted by atomic mass is 10.3. The normalized spacial score (nSPS) is 10.8. The molecular weight excluding hydrogens is 404 g/mol. The summed E-state index contributed by atoms with van der Waals surface area (Å²) in [6, 6.07) is 14.6. The zero-order valence-corrected chi connectivity index (χ0v) is 17.3. The maximum Gasteiger partial charge on any atom is 0.246 e. The van der Waals surface area contributed by atoms with Crippen LogP contribution in [0.5, 0.6) is 5.75 Å². The number of carbonyl (C=O) groups is 2. The number of anilines is 1. The molecule has 0 aliphatic heterocycles. The molecule has 1 N–H and O–H groups in total. The summed E-state index contributed by atoms with van der Waals surface area (Å²) in [4.78, 5) is 26.0. The quantitative estimate of drug-likeness (QED) is 0.587. The van der Waals surface area contributed by atoms with E-state index in [1.807, 2.05) is 36.5 Å². The number of carbonyl (C=O) groups excluding carboxylic acids is 2. The Kier molecular flexibility index (Phi) is 6.87. The minimum absolute atomic E-state index is 0.123. The van der Waals surface area contributed by atoms with E-state index < -0.39 is 0 Å². The lowest BCUT2D eigenvalue weighted by Crippen LogP contribution is -2.33. The lowest BCUT2D eigenvalue weighted by molar-refractivity contribution is -0.129. The van der Waals surface area contributed by atoms with Crippen molar-refractivity contribution in [2.75, 3.05) is 26.0 Å². The summed E-state index contributed by atoms with van der Waals surface area (Å²) in [7, 11) is 3.05. The zero-order chi connectivity index (χ0) is 21.5. The van der Waals surface area contributed by atoms with Crippen molar-refractivity contribution < 1.29 is 14.3 Å². The highest BCUT2D eigenvalue weighted by atomic mass is 35.5. The minimum atomic E-state index is -0.364. The van der Waals surface area contributed by atoms with Crippen LogP contribution in [0.1, 0.15) is 5.56 Å². The molecule has 2 aromatic carbocycles. The first-order chi connectivity index (χ1) is 14.5. The number of hydrogen-bond donors (Lipinski definition) is 1. The van der Waals surface area contributed by atoms with Crippen molar-refractivity contribution in [3.63, 3.8) is 0 Å². The van der Waals surface area contributed by atoms with Crippen molar-refractivity contribution >= 4 is 35.2 Å². The number of nitrogens with zero attached hydrogens (tertiary/aromatic N) is 3. The molecule has 8 heteroatoms. The van der Waals surface area contributed by atoms with Gasteiger partial charge in [0.1, 0.15) is 5.75 Å². The number of hydrogen-bond acceptors (Lipinski definition) is 4. The third-order valence-corrected chi connectivity index (χ3v) is 4.47. The predicted molar refractivity (Wildman–Crippen MR) is 117 cm³/mol. The maximum atomic E-state index is 12.3. The van der Waals surface area contributed by atoms with E-state index in [4.69, 9.17) is 16.3 Å². The average molecular weight is 425 g/mol. The van der Waals surface area contributed by atoms with Gasteiger partial charge in [0.15, 0.2) is 0 Å². The summed E-state index contributed by atoms with van der Waals surface area (Å²) in [5, 5.41) is 7.45. The van der Waals surface area contributed by atoms with Crippen LogP contribution in [0.4, 0.5) is 5.69 Å². The number of benzene rings is 2. The third kappa shape index (κ3) is 5.48. The van der Waals surface area contributed by atoms with Gasteiger partial charge in [-0.05, 0) is 36.4 Å². The van der Waals surface area contributed by atoms with Crippen LogP contribution in [0.2, 0.25) is 5.02 Å². The van der Waals surface area contributed by atoms with E-state index in [0.717, 1.165) is 11.3 Å². The van der Waals surface area contributed by atoms with Gasteiger partial charge in [-0.3, -0.25) is 9.59 Å². The molecule has 1 heterocycles. The van der Waals surface area contributed by atoms with Crippen LogP contribution < -0.4 is 10.1 Å². The fraction of sp³-hybridized carbons (Fsp3) is 0.136. The SMILES string of the molecule is COc1ccc(Cl)cc1NC(=O)CN(C)C(=O)/C=C/c1cnn(-c2ccccc2)c1. The predicted octanol–water partition coefficient (Wildman–Crippen LogP) is 3.64. The summed E-state index contributed by atoms with van der Waals surface area (Å²) in [6.07, 6.45) is 6.54. The maximum absolute atomic E-state index is 12.3. The topological polar surface area (TPSA) is 76.5 Å². The Labute approximate surface area is 179 Å². The highest BCUT2D eigenvalue weighted by Crippen LogP contribution is 2.27. The number of ether oxygens (including phenoxy) is 1. The third-order valence-electron chi connectivity index (χ3n) is 4.23. The van der Waals surface area contributed by atoms with E-state index in [9.17, 15) is 9.59 Å². The lowest BCUT2D eigenvalue weighted by Gasteiger charge is -2.16. The second kappa shape index (κ2) is 9.76. The van der Waals surface area contributed by atoms with Gasteiger partial charge in [0.05, 0.1) is 31.2 Å². The Morgan fingerprint density at radius 3 is 2.73 bits per heavy atom. The fourth-order valence-electron chi connectivity index (χ4n) is 2.70. The highest BCUT2D eigenvalue weighted by Gasteiger charge is 2.13. The van der Waals surface area contributed by atoms with Gasteiger partial charge in [0.2, 0.25) is 11.8 Å². The number of nitrogens with one attached hydrogen (secondary N) is 1. The average Bonchev–Trinajstić information content (AvgIpc) is 3.22. The number of methoxy groups -OCH3 is 1. The van der Waals surface area contributed by atoms with Crippen molar-refractivity contribution in [3.8, 4) is 11.4 Å². The van der Waals surface area contributed by atoms with Crippen molar-refractivity contribution in [1.29, 1.82) is 0 Å². The Morgan fingerprint density at radius 1 is 1.23 bits per heavy atom. The molecule has 0 unspecified atom stereocenters. The Morgan fingerprint density at radius 2 is 2.00 bits per heavy atom. The van der Waals surface area contributed by atoms with E-state index in [2.05, 4.69) is 10.4 Å². The van der Waals surface area contributed by atoms with Crippen molar-refractivity contribution in [2.45, 2.75) is 0 Å². The molecule has 0 saturated heterocycles. The number of halogens is 1. The molecule has 0 aliphatic rings. The van der Waals surface area contributed by atoms with Gasteiger partial charge in [-0.1, -0.05) is 29.8 Å². The molecule has 0 spiro atoms. The molecule has 0 radical (unpaired) electrons. The Hall–Kier alpha value is -3.58. The Balaban J connectivity index is 1.58. The summed E-state index contributed by atoms with van der Waals surface area (Å²) < 4.78 is 6.92. The van der Waals surface area contributed by atoms with E-state index in [-0.39, 0.29) is 18.4 Å². The second-order valence-electron chi connectivity index (χ2n) is 6.47. The van der Waals surface area contributed by atoms with Crippen molar-refractivity contribution in [2.24, 2.45) is 0 Å². The molecule has 0 saturated carbocycles. The molecule has 30 heavy (non-hydrogen) atoms. The van der Waals surface area contributed by atoms with Gasteiger partial charge in [-0.15, -0.1) is 0 Å². The largest absolute Gasteiger partial charge is 0.495 e. The molecule has 0 bridgehead atoms.